The van der Waals surface area contributed by atoms with Gasteiger partial charge in [-0.25, -0.2) is 4.39 Å². The van der Waals surface area contributed by atoms with E-state index in [9.17, 15) is 4.39 Å². The number of halogens is 2. The second-order valence-electron chi connectivity index (χ2n) is 4.17. The second kappa shape index (κ2) is 5.78. The second-order valence-corrected chi connectivity index (χ2v) is 4.61. The third-order valence-electron chi connectivity index (χ3n) is 3.00. The summed E-state index contributed by atoms with van der Waals surface area (Å²) in [6.07, 6.45) is 0. The van der Waals surface area contributed by atoms with Crippen LogP contribution in [-0.4, -0.2) is 37.2 Å². The van der Waals surface area contributed by atoms with Crippen LogP contribution in [0.4, 0.5) is 4.39 Å². The number of nitrogens with two attached hydrogens (primary N) is 1. The number of morpholine rings is 1. The van der Waals surface area contributed by atoms with Crippen LogP contribution >= 0.6 is 11.6 Å². The van der Waals surface area contributed by atoms with Gasteiger partial charge in [-0.1, -0.05) is 11.6 Å². The van der Waals surface area contributed by atoms with Crippen LogP contribution in [0.2, 0.25) is 5.02 Å². The Labute approximate surface area is 105 Å². The molecule has 0 aromatic heterocycles. The smallest absolute Gasteiger partial charge is 0.127 e. The van der Waals surface area contributed by atoms with Crippen molar-refractivity contribution in [3.05, 3.63) is 34.6 Å². The van der Waals surface area contributed by atoms with Crippen LogP contribution in [-0.2, 0) is 11.3 Å². The summed E-state index contributed by atoms with van der Waals surface area (Å²) in [5.41, 5.74) is 6.28. The van der Waals surface area contributed by atoms with E-state index in [0.717, 1.165) is 6.54 Å². The Morgan fingerprint density at radius 2 is 2.35 bits per heavy atom. The standard InChI is InChI=1S/C12H16ClFN2O/c13-10-1-2-12(14)9(5-10)7-16-3-4-17-8-11(16)6-15/h1-2,5,11H,3-4,6-8,15H2. The Morgan fingerprint density at radius 3 is 3.12 bits per heavy atom. The van der Waals surface area contributed by atoms with Crippen LogP contribution in [0.15, 0.2) is 18.2 Å². The summed E-state index contributed by atoms with van der Waals surface area (Å²) in [4.78, 5) is 2.14. The third kappa shape index (κ3) is 3.16. The molecule has 1 atom stereocenters. The zero-order valence-corrected chi connectivity index (χ0v) is 10.3. The quantitative estimate of drug-likeness (QED) is 0.896. The highest BCUT2D eigenvalue weighted by Gasteiger charge is 2.22. The van der Waals surface area contributed by atoms with E-state index in [1.807, 2.05) is 0 Å². The van der Waals surface area contributed by atoms with Crippen molar-refractivity contribution in [1.29, 1.82) is 0 Å². The van der Waals surface area contributed by atoms with E-state index in [1.165, 1.54) is 6.07 Å². The minimum Gasteiger partial charge on any atom is -0.378 e. The summed E-state index contributed by atoms with van der Waals surface area (Å²) in [5, 5.41) is 0.555. The molecule has 0 radical (unpaired) electrons. The molecule has 1 saturated heterocycles. The van der Waals surface area contributed by atoms with Crippen molar-refractivity contribution in [3.63, 3.8) is 0 Å². The Kier molecular flexibility index (Phi) is 4.34. The Bertz CT molecular complexity index is 389. The van der Waals surface area contributed by atoms with Crippen LogP contribution in [0.25, 0.3) is 0 Å². The summed E-state index contributed by atoms with van der Waals surface area (Å²) >= 11 is 5.87. The first-order valence-electron chi connectivity index (χ1n) is 5.66. The zero-order chi connectivity index (χ0) is 12.3. The molecule has 1 unspecified atom stereocenters. The lowest BCUT2D eigenvalue weighted by Gasteiger charge is -2.34. The summed E-state index contributed by atoms with van der Waals surface area (Å²) in [7, 11) is 0. The maximum Gasteiger partial charge on any atom is 0.127 e. The van der Waals surface area contributed by atoms with E-state index in [-0.39, 0.29) is 11.9 Å². The Hall–Kier alpha value is -0.680. The summed E-state index contributed by atoms with van der Waals surface area (Å²) in [6, 6.07) is 4.78. The van der Waals surface area contributed by atoms with E-state index < -0.39 is 0 Å². The average molecular weight is 259 g/mol. The van der Waals surface area contributed by atoms with Crippen molar-refractivity contribution in [1.82, 2.24) is 4.90 Å². The molecular weight excluding hydrogens is 243 g/mol. The van der Waals surface area contributed by atoms with Crippen LogP contribution in [0.3, 0.4) is 0 Å². The molecule has 17 heavy (non-hydrogen) atoms. The van der Waals surface area contributed by atoms with E-state index in [4.69, 9.17) is 22.1 Å². The van der Waals surface area contributed by atoms with Gasteiger partial charge in [0.25, 0.3) is 0 Å². The van der Waals surface area contributed by atoms with Gasteiger partial charge in [0, 0.05) is 36.3 Å². The van der Waals surface area contributed by atoms with Crippen LogP contribution in [0.1, 0.15) is 5.56 Å². The molecule has 1 aliphatic heterocycles. The topological polar surface area (TPSA) is 38.5 Å². The molecule has 1 heterocycles. The largest absolute Gasteiger partial charge is 0.378 e. The molecule has 0 spiro atoms. The van der Waals surface area contributed by atoms with Gasteiger partial charge in [-0.05, 0) is 18.2 Å². The molecule has 0 aliphatic carbocycles. The first-order valence-corrected chi connectivity index (χ1v) is 6.04. The van der Waals surface area contributed by atoms with Crippen molar-refractivity contribution < 1.29 is 9.13 Å². The lowest BCUT2D eigenvalue weighted by molar-refractivity contribution is -0.00835. The van der Waals surface area contributed by atoms with Crippen molar-refractivity contribution in [2.45, 2.75) is 12.6 Å². The molecule has 1 aromatic rings. The molecule has 94 valence electrons. The number of ether oxygens (including phenoxy) is 1. The number of rotatable bonds is 3. The van der Waals surface area contributed by atoms with Crippen LogP contribution in [0, 0.1) is 5.82 Å². The Balaban J connectivity index is 2.10. The fourth-order valence-electron chi connectivity index (χ4n) is 2.00. The van der Waals surface area contributed by atoms with E-state index >= 15 is 0 Å². The molecule has 1 fully saturated rings. The van der Waals surface area contributed by atoms with Gasteiger partial charge in [0.05, 0.1) is 13.2 Å². The van der Waals surface area contributed by atoms with E-state index in [1.54, 1.807) is 12.1 Å². The van der Waals surface area contributed by atoms with E-state index in [0.29, 0.717) is 36.9 Å². The van der Waals surface area contributed by atoms with Crippen molar-refractivity contribution >= 4 is 11.6 Å². The summed E-state index contributed by atoms with van der Waals surface area (Å²) in [6.45, 7) is 3.09. The van der Waals surface area contributed by atoms with Gasteiger partial charge in [-0.3, -0.25) is 4.90 Å². The minimum atomic E-state index is -0.225. The zero-order valence-electron chi connectivity index (χ0n) is 9.53. The first kappa shape index (κ1) is 12.8. The molecule has 1 aliphatic rings. The number of nitrogens with zero attached hydrogens (tertiary/aromatic N) is 1. The van der Waals surface area contributed by atoms with Gasteiger partial charge < -0.3 is 10.5 Å². The first-order chi connectivity index (χ1) is 8.20. The van der Waals surface area contributed by atoms with Crippen molar-refractivity contribution in [2.75, 3.05) is 26.3 Å². The minimum absolute atomic E-state index is 0.155. The van der Waals surface area contributed by atoms with Gasteiger partial charge in [-0.2, -0.15) is 0 Å². The highest BCUT2D eigenvalue weighted by atomic mass is 35.5. The Morgan fingerprint density at radius 1 is 1.53 bits per heavy atom. The predicted octanol–water partition coefficient (Wildman–Crippen LogP) is 1.64. The molecular formula is C12H16ClFN2O. The fourth-order valence-corrected chi connectivity index (χ4v) is 2.19. The number of benzene rings is 1. The van der Waals surface area contributed by atoms with Gasteiger partial charge in [-0.15, -0.1) is 0 Å². The molecule has 5 heteroatoms. The maximum atomic E-state index is 13.6. The van der Waals surface area contributed by atoms with Gasteiger partial charge in [0.1, 0.15) is 5.82 Å². The van der Waals surface area contributed by atoms with Crippen LogP contribution in [0.5, 0.6) is 0 Å². The molecule has 2 rings (SSSR count). The molecule has 0 amide bonds. The van der Waals surface area contributed by atoms with Crippen molar-refractivity contribution in [3.8, 4) is 0 Å². The van der Waals surface area contributed by atoms with E-state index in [2.05, 4.69) is 4.90 Å². The van der Waals surface area contributed by atoms with Crippen molar-refractivity contribution in [2.24, 2.45) is 5.73 Å². The summed E-state index contributed by atoms with van der Waals surface area (Å²) < 4.78 is 19.0. The predicted molar refractivity (Wildman–Crippen MR) is 65.5 cm³/mol. The molecule has 2 N–H and O–H groups in total. The van der Waals surface area contributed by atoms with Crippen LogP contribution < -0.4 is 5.73 Å². The lowest BCUT2D eigenvalue weighted by Crippen LogP contribution is -2.48. The normalized spacial score (nSPS) is 21.7. The highest BCUT2D eigenvalue weighted by molar-refractivity contribution is 6.30. The molecule has 3 nitrogen and oxygen atoms in total. The number of hydrogen-bond donors (Lipinski definition) is 1. The van der Waals surface area contributed by atoms with Gasteiger partial charge in [0.15, 0.2) is 0 Å². The fraction of sp³-hybridized carbons (Fsp3) is 0.500. The van der Waals surface area contributed by atoms with Gasteiger partial charge in [0.2, 0.25) is 0 Å². The molecule has 1 aromatic carbocycles. The van der Waals surface area contributed by atoms with Gasteiger partial charge >= 0.3 is 0 Å². The average Bonchev–Trinajstić information content (AvgIpc) is 2.34. The maximum absolute atomic E-state index is 13.6. The third-order valence-corrected chi connectivity index (χ3v) is 3.24. The lowest BCUT2D eigenvalue weighted by atomic mass is 10.1. The highest BCUT2D eigenvalue weighted by Crippen LogP contribution is 2.18. The summed E-state index contributed by atoms with van der Waals surface area (Å²) in [5.74, 6) is -0.225. The monoisotopic (exact) mass is 258 g/mol. The molecule has 0 saturated carbocycles. The SMILES string of the molecule is NCC1COCCN1Cc1cc(Cl)ccc1F. The molecule has 0 bridgehead atoms. The number of hydrogen-bond acceptors (Lipinski definition) is 3.